The second kappa shape index (κ2) is 6.64. The van der Waals surface area contributed by atoms with Crippen molar-refractivity contribution in [2.45, 2.75) is 10.3 Å². The summed E-state index contributed by atoms with van der Waals surface area (Å²) in [5, 5.41) is 1.96. The Kier molecular flexibility index (Phi) is 4.15. The smallest absolute Gasteiger partial charge is 0.166 e. The molecule has 1 saturated heterocycles. The average molecular weight is 383 g/mol. The van der Waals surface area contributed by atoms with Gasteiger partial charge >= 0.3 is 0 Å². The van der Waals surface area contributed by atoms with Gasteiger partial charge in [-0.25, -0.2) is 9.97 Å². The highest BCUT2D eigenvalue weighted by Crippen LogP contribution is 2.38. The third-order valence-electron chi connectivity index (χ3n) is 4.58. The largest absolute Gasteiger partial charge is 0.380 e. The number of hydrogen-bond donors (Lipinski definition) is 2. The monoisotopic (exact) mass is 382 g/mol. The van der Waals surface area contributed by atoms with Gasteiger partial charge in [-0.1, -0.05) is 47.8 Å². The van der Waals surface area contributed by atoms with E-state index in [0.717, 1.165) is 57.1 Å². The van der Waals surface area contributed by atoms with E-state index in [1.54, 1.807) is 23.5 Å². The van der Waals surface area contributed by atoms with Crippen LogP contribution in [0, 0.1) is 5.41 Å². The van der Waals surface area contributed by atoms with Gasteiger partial charge in [0.25, 0.3) is 0 Å². The number of ether oxygens (including phenoxy) is 1. The number of thioether (sulfide) groups is 2. The second-order valence-electron chi connectivity index (χ2n) is 6.69. The highest BCUT2D eigenvalue weighted by atomic mass is 32.2. The van der Waals surface area contributed by atoms with Crippen LogP contribution >= 0.6 is 23.5 Å². The van der Waals surface area contributed by atoms with E-state index in [4.69, 9.17) is 4.74 Å². The van der Waals surface area contributed by atoms with Gasteiger partial charge in [0.15, 0.2) is 10.3 Å². The molecule has 3 heterocycles. The number of hydrogen-bond acceptors (Lipinski definition) is 5. The summed E-state index contributed by atoms with van der Waals surface area (Å²) in [6.45, 7) is 1.60. The summed E-state index contributed by atoms with van der Waals surface area (Å²) in [5.74, 6) is 1.97. The van der Waals surface area contributed by atoms with Crippen LogP contribution in [0.25, 0.3) is 22.1 Å². The number of benzene rings is 2. The van der Waals surface area contributed by atoms with Crippen LogP contribution in [-0.4, -0.2) is 44.7 Å². The fourth-order valence-electron chi connectivity index (χ4n) is 3.04. The van der Waals surface area contributed by atoms with Gasteiger partial charge in [0.1, 0.15) is 0 Å². The maximum atomic E-state index is 5.55. The average Bonchev–Trinajstić information content (AvgIpc) is 3.23. The quantitative estimate of drug-likeness (QED) is 0.486. The van der Waals surface area contributed by atoms with Crippen molar-refractivity contribution in [2.24, 2.45) is 5.41 Å². The number of rotatable bonds is 6. The fraction of sp³-hybridized carbons (Fsp3) is 0.263. The highest BCUT2D eigenvalue weighted by Gasteiger charge is 2.39. The highest BCUT2D eigenvalue weighted by molar-refractivity contribution is 8.00. The predicted molar refractivity (Wildman–Crippen MR) is 107 cm³/mol. The van der Waals surface area contributed by atoms with E-state index >= 15 is 0 Å². The third-order valence-corrected chi connectivity index (χ3v) is 7.03. The molecule has 1 fully saturated rings. The van der Waals surface area contributed by atoms with Gasteiger partial charge in [-0.2, -0.15) is 0 Å². The SMILES string of the molecule is c1ccc2[nH]c(SCC3(CSc4nc5ccccc5[nH]4)COC3)nc2c1. The number of nitrogens with zero attached hydrogens (tertiary/aromatic N) is 2. The Morgan fingerprint density at radius 2 is 1.31 bits per heavy atom. The Labute approximate surface area is 159 Å². The van der Waals surface area contributed by atoms with Crippen molar-refractivity contribution < 1.29 is 4.74 Å². The van der Waals surface area contributed by atoms with Crippen molar-refractivity contribution in [3.05, 3.63) is 48.5 Å². The van der Waals surface area contributed by atoms with Crippen molar-refractivity contribution in [3.63, 3.8) is 0 Å². The first-order chi connectivity index (χ1) is 12.8. The number of aromatic amines is 2. The molecule has 2 aromatic carbocycles. The lowest BCUT2D eigenvalue weighted by atomic mass is 9.91. The summed E-state index contributed by atoms with van der Waals surface area (Å²) in [6.07, 6.45) is 0. The molecule has 0 spiro atoms. The molecule has 1 aliphatic heterocycles. The van der Waals surface area contributed by atoms with Crippen molar-refractivity contribution >= 4 is 45.6 Å². The minimum absolute atomic E-state index is 0.174. The first kappa shape index (κ1) is 16.2. The molecule has 0 atom stereocenters. The molecule has 26 heavy (non-hydrogen) atoms. The van der Waals surface area contributed by atoms with Crippen LogP contribution in [0.4, 0.5) is 0 Å². The zero-order valence-electron chi connectivity index (χ0n) is 14.1. The van der Waals surface area contributed by atoms with E-state index in [2.05, 4.69) is 32.1 Å². The maximum absolute atomic E-state index is 5.55. The lowest BCUT2D eigenvalue weighted by Crippen LogP contribution is -2.46. The van der Waals surface area contributed by atoms with Crippen molar-refractivity contribution in [1.82, 2.24) is 19.9 Å². The Hall–Kier alpha value is -1.96. The van der Waals surface area contributed by atoms with Crippen LogP contribution < -0.4 is 0 Å². The van der Waals surface area contributed by atoms with E-state index in [1.807, 2.05) is 36.4 Å². The zero-order valence-corrected chi connectivity index (χ0v) is 15.7. The number of para-hydroxylation sites is 4. The van der Waals surface area contributed by atoms with Gasteiger partial charge < -0.3 is 14.7 Å². The van der Waals surface area contributed by atoms with Gasteiger partial charge in [-0.05, 0) is 24.3 Å². The molecule has 0 amide bonds. The molecular weight excluding hydrogens is 364 g/mol. The Morgan fingerprint density at radius 3 is 1.73 bits per heavy atom. The molecular formula is C19H18N4OS2. The Balaban J connectivity index is 1.25. The topological polar surface area (TPSA) is 66.6 Å². The van der Waals surface area contributed by atoms with Crippen LogP contribution in [0.2, 0.25) is 0 Å². The van der Waals surface area contributed by atoms with E-state index in [1.165, 1.54) is 0 Å². The van der Waals surface area contributed by atoms with Crippen molar-refractivity contribution in [1.29, 1.82) is 0 Å². The number of fused-ring (bicyclic) bond motifs is 2. The molecule has 5 nitrogen and oxygen atoms in total. The third kappa shape index (κ3) is 3.11. The van der Waals surface area contributed by atoms with E-state index in [9.17, 15) is 0 Å². The van der Waals surface area contributed by atoms with Crippen LogP contribution in [0.3, 0.4) is 0 Å². The molecule has 132 valence electrons. The summed E-state index contributed by atoms with van der Waals surface area (Å²) in [5.41, 5.74) is 4.39. The van der Waals surface area contributed by atoms with Crippen LogP contribution in [0.1, 0.15) is 0 Å². The predicted octanol–water partition coefficient (Wildman–Crippen LogP) is 4.34. The van der Waals surface area contributed by atoms with Crippen molar-refractivity contribution in [3.8, 4) is 0 Å². The lowest BCUT2D eigenvalue weighted by Gasteiger charge is -2.40. The number of nitrogens with one attached hydrogen (secondary N) is 2. The molecule has 7 heteroatoms. The van der Waals surface area contributed by atoms with Gasteiger partial charge in [0, 0.05) is 16.9 Å². The first-order valence-electron chi connectivity index (χ1n) is 8.53. The molecule has 2 N–H and O–H groups in total. The molecule has 0 bridgehead atoms. The molecule has 4 aromatic rings. The zero-order chi connectivity index (χ0) is 17.4. The maximum Gasteiger partial charge on any atom is 0.166 e. The number of aromatic nitrogens is 4. The first-order valence-corrected chi connectivity index (χ1v) is 10.5. The van der Waals surface area contributed by atoms with E-state index < -0.39 is 0 Å². The number of imidazole rings is 2. The summed E-state index contributed by atoms with van der Waals surface area (Å²) in [7, 11) is 0. The van der Waals surface area contributed by atoms with Crippen LogP contribution in [0.5, 0.6) is 0 Å². The Morgan fingerprint density at radius 1 is 0.808 bits per heavy atom. The Bertz CT molecular complexity index is 908. The molecule has 0 saturated carbocycles. The molecule has 1 aliphatic rings. The van der Waals surface area contributed by atoms with Gasteiger partial charge in [0.2, 0.25) is 0 Å². The standard InChI is InChI=1S/C19H18N4OS2/c1-2-6-14-13(5-1)20-17(21-14)25-11-19(9-24-10-19)12-26-18-22-15-7-3-4-8-16(15)23-18/h1-8H,9-12H2,(H,20,21)(H,22,23). The minimum atomic E-state index is 0.174. The second-order valence-corrected chi connectivity index (χ2v) is 8.62. The van der Waals surface area contributed by atoms with E-state index in [-0.39, 0.29) is 5.41 Å². The summed E-state index contributed by atoms with van der Waals surface area (Å²) in [6, 6.07) is 16.3. The van der Waals surface area contributed by atoms with Crippen LogP contribution in [-0.2, 0) is 4.74 Å². The molecule has 0 unspecified atom stereocenters. The summed E-state index contributed by atoms with van der Waals surface area (Å²) >= 11 is 3.56. The lowest BCUT2D eigenvalue weighted by molar-refractivity contribution is -0.0830. The molecule has 0 aliphatic carbocycles. The molecule has 0 radical (unpaired) electrons. The van der Waals surface area contributed by atoms with Gasteiger partial charge in [-0.3, -0.25) is 0 Å². The normalized spacial score (nSPS) is 16.2. The summed E-state index contributed by atoms with van der Waals surface area (Å²) in [4.78, 5) is 16.1. The molecule has 5 rings (SSSR count). The van der Waals surface area contributed by atoms with Crippen LogP contribution in [0.15, 0.2) is 58.8 Å². The molecule has 2 aromatic heterocycles. The fourth-order valence-corrected chi connectivity index (χ4v) is 5.28. The summed E-state index contributed by atoms with van der Waals surface area (Å²) < 4.78 is 5.55. The van der Waals surface area contributed by atoms with Crippen molar-refractivity contribution in [2.75, 3.05) is 24.7 Å². The number of H-pyrrole nitrogens is 2. The van der Waals surface area contributed by atoms with Gasteiger partial charge in [-0.15, -0.1) is 0 Å². The van der Waals surface area contributed by atoms with E-state index in [0.29, 0.717) is 0 Å². The minimum Gasteiger partial charge on any atom is -0.380 e. The van der Waals surface area contributed by atoms with Gasteiger partial charge in [0.05, 0.1) is 35.3 Å².